The van der Waals surface area contributed by atoms with Gasteiger partial charge in [0.25, 0.3) is 0 Å². The highest BCUT2D eigenvalue weighted by Gasteiger charge is 2.16. The molecule has 0 saturated heterocycles. The van der Waals surface area contributed by atoms with Crippen molar-refractivity contribution in [1.82, 2.24) is 0 Å². The Labute approximate surface area is 458 Å². The zero-order valence-corrected chi connectivity index (χ0v) is 48.3. The molecule has 422 valence electrons. The van der Waals surface area contributed by atoms with Crippen LogP contribution in [0.4, 0.5) is 0 Å². The van der Waals surface area contributed by atoms with E-state index in [0.717, 1.165) is 103 Å². The molecule has 0 spiro atoms. The van der Waals surface area contributed by atoms with Gasteiger partial charge in [0, 0.05) is 12.8 Å². The highest BCUT2D eigenvalue weighted by atomic mass is 16.6. The summed E-state index contributed by atoms with van der Waals surface area (Å²) < 4.78 is 10.7. The lowest BCUT2D eigenvalue weighted by Crippen LogP contribution is -2.28. The molecule has 0 aromatic heterocycles. The largest absolute Gasteiger partial charge is 0.462 e. The van der Waals surface area contributed by atoms with Crippen molar-refractivity contribution in [1.29, 1.82) is 0 Å². The minimum absolute atomic E-state index is 0.0752. The maximum absolute atomic E-state index is 12.3. The Hall–Kier alpha value is -3.70. The van der Waals surface area contributed by atoms with Crippen LogP contribution in [0.3, 0.4) is 0 Å². The first-order valence-electron chi connectivity index (χ1n) is 31.1. The average Bonchev–Trinajstić information content (AvgIpc) is 3.40. The van der Waals surface area contributed by atoms with Crippen molar-refractivity contribution in [3.63, 3.8) is 0 Å². The van der Waals surface area contributed by atoms with Gasteiger partial charge in [0.1, 0.15) is 6.61 Å². The first kappa shape index (κ1) is 70.3. The Bertz CT molecular complexity index is 1490. The molecule has 0 aromatic rings. The second-order valence-electron chi connectivity index (χ2n) is 20.4. The van der Waals surface area contributed by atoms with Crippen LogP contribution >= 0.6 is 0 Å². The van der Waals surface area contributed by atoms with E-state index in [1.54, 1.807) is 0 Å². The van der Waals surface area contributed by atoms with Crippen molar-refractivity contribution in [2.24, 2.45) is 0 Å². The summed E-state index contributed by atoms with van der Waals surface area (Å²) in [7, 11) is 0. The molecule has 0 aliphatic rings. The van der Waals surface area contributed by atoms with Gasteiger partial charge in [-0.1, -0.05) is 283 Å². The summed E-state index contributed by atoms with van der Waals surface area (Å²) in [5, 5.41) is 9.67. The van der Waals surface area contributed by atoms with Gasteiger partial charge in [0.05, 0.1) is 6.61 Å². The highest BCUT2D eigenvalue weighted by Crippen LogP contribution is 2.16. The van der Waals surface area contributed by atoms with E-state index in [-0.39, 0.29) is 25.2 Å². The fourth-order valence-electron chi connectivity index (χ4n) is 8.60. The molecule has 0 saturated carbocycles. The van der Waals surface area contributed by atoms with Crippen LogP contribution in [0.25, 0.3) is 0 Å². The summed E-state index contributed by atoms with van der Waals surface area (Å²) in [6.45, 7) is 4.03. The van der Waals surface area contributed by atoms with Crippen LogP contribution in [0, 0.1) is 0 Å². The molecule has 5 nitrogen and oxygen atoms in total. The average molecular weight is 1030 g/mol. The van der Waals surface area contributed by atoms with Gasteiger partial charge in [-0.2, -0.15) is 0 Å². The number of carbonyl (C=O) groups excluding carboxylic acids is 2. The fraction of sp³-hybridized carbons (Fsp3) is 0.681. The fourth-order valence-corrected chi connectivity index (χ4v) is 8.60. The van der Waals surface area contributed by atoms with Crippen molar-refractivity contribution < 1.29 is 24.2 Å². The first-order valence-corrected chi connectivity index (χ1v) is 31.1. The van der Waals surface area contributed by atoms with Crippen LogP contribution in [-0.2, 0) is 19.1 Å². The second-order valence-corrected chi connectivity index (χ2v) is 20.4. The number of esters is 2. The maximum atomic E-state index is 12.3. The van der Waals surface area contributed by atoms with Gasteiger partial charge >= 0.3 is 11.9 Å². The molecule has 0 radical (unpaired) electrons. The van der Waals surface area contributed by atoms with E-state index in [0.29, 0.717) is 12.8 Å². The van der Waals surface area contributed by atoms with Crippen LogP contribution in [0.5, 0.6) is 0 Å². The van der Waals surface area contributed by atoms with E-state index in [1.165, 1.54) is 154 Å². The Morgan fingerprint density at radius 2 is 0.581 bits per heavy atom. The minimum Gasteiger partial charge on any atom is -0.462 e. The van der Waals surface area contributed by atoms with Gasteiger partial charge in [0.2, 0.25) is 0 Å². The van der Waals surface area contributed by atoms with Crippen molar-refractivity contribution in [3.05, 3.63) is 122 Å². The third kappa shape index (κ3) is 60.9. The summed E-state index contributed by atoms with van der Waals surface area (Å²) in [4.78, 5) is 24.6. The third-order valence-corrected chi connectivity index (χ3v) is 13.2. The number of hydrogen-bond acceptors (Lipinski definition) is 5. The molecule has 0 heterocycles. The van der Waals surface area contributed by atoms with Crippen LogP contribution in [-0.4, -0.2) is 36.4 Å². The molecule has 1 N–H and O–H groups in total. The Kier molecular flexibility index (Phi) is 60.4. The van der Waals surface area contributed by atoms with Crippen LogP contribution in [0.2, 0.25) is 0 Å². The van der Waals surface area contributed by atoms with Crippen LogP contribution in [0.1, 0.15) is 284 Å². The van der Waals surface area contributed by atoms with Crippen molar-refractivity contribution in [2.45, 2.75) is 290 Å². The Morgan fingerprint density at radius 1 is 0.324 bits per heavy atom. The Balaban J connectivity index is 3.57. The van der Waals surface area contributed by atoms with E-state index in [2.05, 4.69) is 135 Å². The molecular formula is C69H116O5. The van der Waals surface area contributed by atoms with Crippen molar-refractivity contribution in [2.75, 3.05) is 13.2 Å². The number of hydrogen-bond donors (Lipinski definition) is 1. The lowest BCUT2D eigenvalue weighted by molar-refractivity contribution is -0.161. The van der Waals surface area contributed by atoms with E-state index >= 15 is 0 Å². The number of aliphatic hydroxyl groups excluding tert-OH is 1. The van der Waals surface area contributed by atoms with Gasteiger partial charge in [-0.15, -0.1) is 0 Å². The summed E-state index contributed by atoms with van der Waals surface area (Å²) in [6, 6.07) is 0. The number of rotatable bonds is 56. The molecule has 0 bridgehead atoms. The lowest BCUT2D eigenvalue weighted by Gasteiger charge is -2.15. The molecule has 1 unspecified atom stereocenters. The maximum Gasteiger partial charge on any atom is 0.306 e. The van der Waals surface area contributed by atoms with Crippen molar-refractivity contribution in [3.8, 4) is 0 Å². The monoisotopic (exact) mass is 1020 g/mol. The zero-order chi connectivity index (χ0) is 53.4. The normalized spacial score (nSPS) is 13.1. The molecule has 1 atom stereocenters. The van der Waals surface area contributed by atoms with Gasteiger partial charge < -0.3 is 14.6 Å². The van der Waals surface area contributed by atoms with E-state index in [4.69, 9.17) is 9.47 Å². The molecule has 0 aromatic carbocycles. The number of allylic oxidation sites excluding steroid dienone is 20. The predicted molar refractivity (Wildman–Crippen MR) is 325 cm³/mol. The van der Waals surface area contributed by atoms with E-state index in [9.17, 15) is 14.7 Å². The smallest absolute Gasteiger partial charge is 0.306 e. The molecule has 0 rings (SSSR count). The first-order chi connectivity index (χ1) is 36.6. The topological polar surface area (TPSA) is 72.8 Å². The molecular weight excluding hydrogens is 909 g/mol. The summed E-state index contributed by atoms with van der Waals surface area (Å²) in [6.07, 6.45) is 93.3. The highest BCUT2D eigenvalue weighted by molar-refractivity contribution is 5.70. The van der Waals surface area contributed by atoms with Gasteiger partial charge in [-0.25, -0.2) is 0 Å². The van der Waals surface area contributed by atoms with Crippen molar-refractivity contribution >= 4 is 11.9 Å². The molecule has 5 heteroatoms. The minimum atomic E-state index is -0.787. The number of aliphatic hydroxyl groups is 1. The second kappa shape index (κ2) is 63.6. The summed E-state index contributed by atoms with van der Waals surface area (Å²) >= 11 is 0. The lowest BCUT2D eigenvalue weighted by atomic mass is 10.0. The summed E-state index contributed by atoms with van der Waals surface area (Å²) in [5.74, 6) is -0.602. The van der Waals surface area contributed by atoms with Crippen LogP contribution in [0.15, 0.2) is 122 Å². The molecule has 0 aliphatic heterocycles. The molecule has 0 fully saturated rings. The Morgan fingerprint density at radius 3 is 0.892 bits per heavy atom. The van der Waals surface area contributed by atoms with Gasteiger partial charge in [0.15, 0.2) is 6.10 Å². The standard InChI is InChI=1S/C69H116O5/c1-3-5-7-9-11-13-15-17-19-21-23-25-27-29-30-31-32-33-34-35-36-37-38-40-42-44-46-48-50-52-54-56-58-60-62-64-69(72)74-67(65-70)66-73-68(71)63-61-59-57-55-53-51-49-47-45-43-41-39-28-26-24-22-20-18-16-14-12-10-8-6-4-2/h5,7,11,13,17,19,22-25,29-30,32-33,35-36,38,40,44,46,67,70H,3-4,6,8-10,12,14-16,18,20-21,26-28,31,34,37,39,41-43,45,47-66H2,1-2H3/b7-5-,13-11-,19-17-,24-22-,25-23-,30-29-,33-32-,36-35-,40-38-,46-44-. The molecule has 0 aliphatic carbocycles. The van der Waals surface area contributed by atoms with Crippen LogP contribution < -0.4 is 0 Å². The molecule has 74 heavy (non-hydrogen) atoms. The van der Waals surface area contributed by atoms with E-state index in [1.807, 2.05) is 0 Å². The number of unbranched alkanes of at least 4 members (excludes halogenated alkanes) is 28. The third-order valence-electron chi connectivity index (χ3n) is 13.2. The predicted octanol–water partition coefficient (Wildman–Crippen LogP) is 21.4. The van der Waals surface area contributed by atoms with E-state index < -0.39 is 6.10 Å². The molecule has 0 amide bonds. The zero-order valence-electron chi connectivity index (χ0n) is 48.3. The quantitative estimate of drug-likeness (QED) is 0.0373. The number of carbonyl (C=O) groups is 2. The van der Waals surface area contributed by atoms with Gasteiger partial charge in [-0.05, 0) is 109 Å². The summed E-state index contributed by atoms with van der Waals surface area (Å²) in [5.41, 5.74) is 0. The SMILES string of the molecule is CC/C=C\C/C=C\C/C=C\C/C=C\C/C=C\C/C=C\C/C=C\C/C=C\C/C=C\CCCCCCCCCC(=O)OC(CO)COC(=O)CCCCCCCCCCCCCCC/C=C\CCCCCCCCCC. The number of ether oxygens (including phenoxy) is 2. The van der Waals surface area contributed by atoms with Gasteiger partial charge in [-0.3, -0.25) is 9.59 Å².